The van der Waals surface area contributed by atoms with Crippen molar-refractivity contribution in [3.05, 3.63) is 0 Å². The Morgan fingerprint density at radius 2 is 1.89 bits per heavy atom. The van der Waals surface area contributed by atoms with Gasteiger partial charge < -0.3 is 5.32 Å². The summed E-state index contributed by atoms with van der Waals surface area (Å²) in [4.78, 5) is 5.61. The number of hydrogen-bond acceptors (Lipinski definition) is 3. The summed E-state index contributed by atoms with van der Waals surface area (Å²) in [6.45, 7) is 11.3. The van der Waals surface area contributed by atoms with Crippen molar-refractivity contribution in [2.75, 3.05) is 32.7 Å². The third-order valence-corrected chi connectivity index (χ3v) is 5.59. The molecule has 3 nitrogen and oxygen atoms in total. The van der Waals surface area contributed by atoms with Gasteiger partial charge in [0.25, 0.3) is 0 Å². The van der Waals surface area contributed by atoms with Gasteiger partial charge in [-0.15, -0.1) is 0 Å². The van der Waals surface area contributed by atoms with Gasteiger partial charge in [0.15, 0.2) is 0 Å². The predicted molar refractivity (Wildman–Crippen MR) is 80.4 cm³/mol. The second kappa shape index (κ2) is 6.11. The quantitative estimate of drug-likeness (QED) is 0.838. The molecule has 0 radical (unpaired) electrons. The Labute approximate surface area is 118 Å². The van der Waals surface area contributed by atoms with Crippen molar-refractivity contribution in [3.8, 4) is 0 Å². The van der Waals surface area contributed by atoms with Crippen LogP contribution < -0.4 is 5.32 Å². The monoisotopic (exact) mass is 265 g/mol. The van der Waals surface area contributed by atoms with E-state index in [1.54, 1.807) is 0 Å². The molecule has 0 aliphatic carbocycles. The molecule has 19 heavy (non-hydrogen) atoms. The lowest BCUT2D eigenvalue weighted by Gasteiger charge is -2.39. The zero-order valence-corrected chi connectivity index (χ0v) is 12.8. The first kappa shape index (κ1) is 13.8. The summed E-state index contributed by atoms with van der Waals surface area (Å²) in [5, 5.41) is 3.50. The van der Waals surface area contributed by atoms with Gasteiger partial charge in [-0.3, -0.25) is 9.80 Å². The van der Waals surface area contributed by atoms with Crippen LogP contribution in [-0.2, 0) is 0 Å². The van der Waals surface area contributed by atoms with Gasteiger partial charge in [-0.05, 0) is 71.5 Å². The third-order valence-electron chi connectivity index (χ3n) is 5.59. The smallest absolute Gasteiger partial charge is 0.0266 e. The molecule has 0 amide bonds. The van der Waals surface area contributed by atoms with Gasteiger partial charge in [0.05, 0.1) is 0 Å². The fourth-order valence-electron chi connectivity index (χ4n) is 4.53. The minimum Gasteiger partial charge on any atom is -0.317 e. The molecule has 3 heteroatoms. The lowest BCUT2D eigenvalue weighted by molar-refractivity contribution is 0.0964. The average molecular weight is 265 g/mol. The molecule has 2 atom stereocenters. The molecule has 1 N–H and O–H groups in total. The van der Waals surface area contributed by atoms with E-state index in [2.05, 4.69) is 29.0 Å². The number of rotatable bonds is 4. The molecular formula is C16H31N3. The van der Waals surface area contributed by atoms with E-state index in [1.807, 2.05) is 0 Å². The normalized spacial score (nSPS) is 33.5. The van der Waals surface area contributed by atoms with Gasteiger partial charge in [-0.2, -0.15) is 0 Å². The SMILES string of the molecule is CC(C)N(CC1CCNCC1)C1CCN2CCCC12. The predicted octanol–water partition coefficient (Wildman–Crippen LogP) is 1.93. The standard InChI is InChI=1S/C16H31N3/c1-13(2)19(12-14-5-8-17-9-6-14)16-7-11-18-10-3-4-15(16)18/h13-17H,3-12H2,1-2H3. The number of piperidine rings is 1. The molecule has 0 saturated carbocycles. The Morgan fingerprint density at radius 1 is 1.11 bits per heavy atom. The van der Waals surface area contributed by atoms with Crippen LogP contribution in [0.3, 0.4) is 0 Å². The largest absolute Gasteiger partial charge is 0.317 e. The van der Waals surface area contributed by atoms with Crippen molar-refractivity contribution in [2.45, 2.75) is 64.1 Å². The van der Waals surface area contributed by atoms with Crippen LogP contribution in [0.5, 0.6) is 0 Å². The van der Waals surface area contributed by atoms with Crippen LogP contribution in [0.1, 0.15) is 46.0 Å². The van der Waals surface area contributed by atoms with E-state index in [4.69, 9.17) is 0 Å². The van der Waals surface area contributed by atoms with Crippen LogP contribution >= 0.6 is 0 Å². The summed E-state index contributed by atoms with van der Waals surface area (Å²) < 4.78 is 0. The second-order valence-corrected chi connectivity index (χ2v) is 7.09. The van der Waals surface area contributed by atoms with Crippen LogP contribution in [0, 0.1) is 5.92 Å². The molecule has 2 unspecified atom stereocenters. The van der Waals surface area contributed by atoms with Crippen molar-refractivity contribution in [1.29, 1.82) is 0 Å². The molecular weight excluding hydrogens is 234 g/mol. The number of hydrogen-bond donors (Lipinski definition) is 1. The molecule has 3 saturated heterocycles. The lowest BCUT2D eigenvalue weighted by Crippen LogP contribution is -2.49. The van der Waals surface area contributed by atoms with E-state index in [-0.39, 0.29) is 0 Å². The van der Waals surface area contributed by atoms with Gasteiger partial charge in [0.2, 0.25) is 0 Å². The first-order chi connectivity index (χ1) is 9.25. The Bertz CT molecular complexity index is 286. The van der Waals surface area contributed by atoms with Gasteiger partial charge in [-0.1, -0.05) is 0 Å². The zero-order valence-electron chi connectivity index (χ0n) is 12.8. The molecule has 3 aliphatic rings. The van der Waals surface area contributed by atoms with E-state index in [0.717, 1.165) is 18.0 Å². The van der Waals surface area contributed by atoms with E-state index < -0.39 is 0 Å². The van der Waals surface area contributed by atoms with Crippen molar-refractivity contribution in [2.24, 2.45) is 5.92 Å². The summed E-state index contributed by atoms with van der Waals surface area (Å²) in [5.74, 6) is 0.930. The molecule has 0 spiro atoms. The van der Waals surface area contributed by atoms with Gasteiger partial charge in [0, 0.05) is 31.2 Å². The summed E-state index contributed by atoms with van der Waals surface area (Å²) in [7, 11) is 0. The Morgan fingerprint density at radius 3 is 2.63 bits per heavy atom. The van der Waals surface area contributed by atoms with Crippen molar-refractivity contribution in [3.63, 3.8) is 0 Å². The summed E-state index contributed by atoms with van der Waals surface area (Å²) in [5.41, 5.74) is 0. The van der Waals surface area contributed by atoms with Gasteiger partial charge in [-0.25, -0.2) is 0 Å². The highest BCUT2D eigenvalue weighted by Gasteiger charge is 2.41. The molecule has 0 aromatic rings. The van der Waals surface area contributed by atoms with E-state index in [1.165, 1.54) is 64.8 Å². The summed E-state index contributed by atoms with van der Waals surface area (Å²) in [6, 6.07) is 2.43. The minimum atomic E-state index is 0.709. The van der Waals surface area contributed by atoms with E-state index >= 15 is 0 Å². The maximum absolute atomic E-state index is 3.50. The molecule has 3 heterocycles. The maximum atomic E-state index is 3.50. The Hall–Kier alpha value is -0.120. The first-order valence-electron chi connectivity index (χ1n) is 8.46. The molecule has 3 aliphatic heterocycles. The molecule has 3 rings (SSSR count). The molecule has 0 bridgehead atoms. The second-order valence-electron chi connectivity index (χ2n) is 7.09. The molecule has 3 fully saturated rings. The topological polar surface area (TPSA) is 18.5 Å². The van der Waals surface area contributed by atoms with Gasteiger partial charge >= 0.3 is 0 Å². The van der Waals surface area contributed by atoms with Crippen LogP contribution in [0.25, 0.3) is 0 Å². The number of nitrogens with zero attached hydrogens (tertiary/aromatic N) is 2. The van der Waals surface area contributed by atoms with Crippen LogP contribution in [-0.4, -0.2) is 60.6 Å². The number of nitrogens with one attached hydrogen (secondary N) is 1. The van der Waals surface area contributed by atoms with E-state index in [9.17, 15) is 0 Å². The fourth-order valence-corrected chi connectivity index (χ4v) is 4.53. The Balaban J connectivity index is 1.63. The molecule has 110 valence electrons. The highest BCUT2D eigenvalue weighted by atomic mass is 15.3. The number of fused-ring (bicyclic) bond motifs is 1. The van der Waals surface area contributed by atoms with Gasteiger partial charge in [0.1, 0.15) is 0 Å². The third kappa shape index (κ3) is 2.98. The molecule has 0 aromatic carbocycles. The fraction of sp³-hybridized carbons (Fsp3) is 1.00. The van der Waals surface area contributed by atoms with E-state index in [0.29, 0.717) is 6.04 Å². The average Bonchev–Trinajstić information content (AvgIpc) is 3.00. The lowest BCUT2D eigenvalue weighted by atomic mass is 9.94. The highest BCUT2D eigenvalue weighted by Crippen LogP contribution is 2.33. The zero-order chi connectivity index (χ0) is 13.2. The first-order valence-corrected chi connectivity index (χ1v) is 8.46. The van der Waals surface area contributed by atoms with Crippen molar-refractivity contribution < 1.29 is 0 Å². The van der Waals surface area contributed by atoms with Crippen LogP contribution in [0.15, 0.2) is 0 Å². The van der Waals surface area contributed by atoms with Crippen molar-refractivity contribution >= 4 is 0 Å². The van der Waals surface area contributed by atoms with Crippen LogP contribution in [0.2, 0.25) is 0 Å². The van der Waals surface area contributed by atoms with Crippen molar-refractivity contribution in [1.82, 2.24) is 15.1 Å². The minimum absolute atomic E-state index is 0.709. The van der Waals surface area contributed by atoms with Crippen LogP contribution in [0.4, 0.5) is 0 Å². The summed E-state index contributed by atoms with van der Waals surface area (Å²) >= 11 is 0. The maximum Gasteiger partial charge on any atom is 0.0266 e. The summed E-state index contributed by atoms with van der Waals surface area (Å²) in [6.07, 6.45) is 7.04. The molecule has 0 aromatic heterocycles. The Kier molecular flexibility index (Phi) is 4.45. The highest BCUT2D eigenvalue weighted by molar-refractivity contribution is 4.98.